The van der Waals surface area contributed by atoms with Gasteiger partial charge in [0.25, 0.3) is 0 Å². The molecule has 1 aliphatic rings. The highest BCUT2D eigenvalue weighted by Crippen LogP contribution is 2.33. The van der Waals surface area contributed by atoms with E-state index in [1.165, 1.54) is 0 Å². The van der Waals surface area contributed by atoms with Crippen LogP contribution in [-0.2, 0) is 0 Å². The lowest BCUT2D eigenvalue weighted by Gasteiger charge is -2.31. The van der Waals surface area contributed by atoms with Gasteiger partial charge in [-0.15, -0.1) is 10.2 Å². The molecule has 150 valence electrons. The molecule has 1 aliphatic heterocycles. The normalized spacial score (nSPS) is 16.5. The van der Waals surface area contributed by atoms with Gasteiger partial charge in [0.1, 0.15) is 15.8 Å². The number of benzene rings is 2. The Morgan fingerprint density at radius 3 is 2.66 bits per heavy atom. The summed E-state index contributed by atoms with van der Waals surface area (Å²) in [6, 6.07) is 14.8. The van der Waals surface area contributed by atoms with Crippen LogP contribution in [-0.4, -0.2) is 41.3 Å². The molecule has 3 aromatic rings. The number of piperidine rings is 1. The molecule has 1 saturated heterocycles. The minimum Gasteiger partial charge on any atom is -0.497 e. The molecule has 0 spiro atoms. The maximum atomic E-state index is 12.7. The molecule has 0 saturated carbocycles. The van der Waals surface area contributed by atoms with Crippen LogP contribution >= 0.6 is 22.9 Å². The van der Waals surface area contributed by atoms with Crippen LogP contribution in [0.25, 0.3) is 10.6 Å². The Hall–Kier alpha value is -2.64. The number of ether oxygens (including phenoxy) is 1. The lowest BCUT2D eigenvalue weighted by molar-refractivity contribution is 0.192. The van der Waals surface area contributed by atoms with Gasteiger partial charge in [-0.2, -0.15) is 0 Å². The number of hydrogen-bond donors (Lipinski definition) is 1. The van der Waals surface area contributed by atoms with E-state index in [4.69, 9.17) is 16.3 Å². The van der Waals surface area contributed by atoms with Crippen molar-refractivity contribution in [3.8, 4) is 16.3 Å². The van der Waals surface area contributed by atoms with E-state index in [-0.39, 0.29) is 11.9 Å². The fraction of sp³-hybridized carbons (Fsp3) is 0.286. The zero-order chi connectivity index (χ0) is 20.2. The Kier molecular flexibility index (Phi) is 5.97. The van der Waals surface area contributed by atoms with Crippen LogP contribution in [0, 0.1) is 0 Å². The zero-order valence-corrected chi connectivity index (χ0v) is 17.5. The van der Waals surface area contributed by atoms with E-state index >= 15 is 0 Å². The van der Waals surface area contributed by atoms with Crippen LogP contribution in [0.2, 0.25) is 5.02 Å². The van der Waals surface area contributed by atoms with Crippen molar-refractivity contribution >= 4 is 34.7 Å². The van der Waals surface area contributed by atoms with E-state index in [9.17, 15) is 4.79 Å². The molecule has 8 heteroatoms. The maximum Gasteiger partial charge on any atom is 0.321 e. The Bertz CT molecular complexity index is 975. The van der Waals surface area contributed by atoms with Crippen molar-refractivity contribution in [3.05, 3.63) is 58.6 Å². The van der Waals surface area contributed by atoms with Crippen molar-refractivity contribution in [2.24, 2.45) is 0 Å². The number of carbonyl (C=O) groups excluding carboxylic acids is 1. The second kappa shape index (κ2) is 8.80. The molecule has 2 amide bonds. The lowest BCUT2D eigenvalue weighted by atomic mass is 9.99. The molecule has 0 bridgehead atoms. The first-order chi connectivity index (χ1) is 14.1. The molecule has 1 atom stereocenters. The number of urea groups is 1. The van der Waals surface area contributed by atoms with Gasteiger partial charge in [0.15, 0.2) is 0 Å². The van der Waals surface area contributed by atoms with E-state index in [1.54, 1.807) is 42.7 Å². The molecule has 6 nitrogen and oxygen atoms in total. The van der Waals surface area contributed by atoms with Crippen LogP contribution in [0.3, 0.4) is 0 Å². The highest BCUT2D eigenvalue weighted by molar-refractivity contribution is 7.14. The minimum atomic E-state index is -0.100. The molecule has 2 heterocycles. The van der Waals surface area contributed by atoms with Crippen molar-refractivity contribution in [3.63, 3.8) is 0 Å². The monoisotopic (exact) mass is 428 g/mol. The van der Waals surface area contributed by atoms with Crippen molar-refractivity contribution < 1.29 is 9.53 Å². The number of nitrogens with zero attached hydrogens (tertiary/aromatic N) is 3. The molecule has 0 radical (unpaired) electrons. The summed E-state index contributed by atoms with van der Waals surface area (Å²) in [5, 5.41) is 14.2. The number of halogens is 1. The first kappa shape index (κ1) is 19.7. The Morgan fingerprint density at radius 2 is 1.93 bits per heavy atom. The predicted octanol–water partition coefficient (Wildman–Crippen LogP) is 5.28. The lowest BCUT2D eigenvalue weighted by Crippen LogP contribution is -2.41. The van der Waals surface area contributed by atoms with Gasteiger partial charge < -0.3 is 15.0 Å². The summed E-state index contributed by atoms with van der Waals surface area (Å²) in [4.78, 5) is 14.5. The van der Waals surface area contributed by atoms with Gasteiger partial charge in [-0.1, -0.05) is 22.9 Å². The fourth-order valence-corrected chi connectivity index (χ4v) is 4.45. The van der Waals surface area contributed by atoms with E-state index in [0.29, 0.717) is 11.6 Å². The quantitative estimate of drug-likeness (QED) is 0.614. The smallest absolute Gasteiger partial charge is 0.321 e. The van der Waals surface area contributed by atoms with Gasteiger partial charge in [-0.05, 0) is 61.4 Å². The molecule has 2 aromatic carbocycles. The first-order valence-electron chi connectivity index (χ1n) is 9.41. The zero-order valence-electron chi connectivity index (χ0n) is 16.0. The fourth-order valence-electron chi connectivity index (χ4n) is 3.35. The number of hydrogen-bond acceptors (Lipinski definition) is 5. The van der Waals surface area contributed by atoms with Crippen molar-refractivity contribution in [2.75, 3.05) is 25.5 Å². The summed E-state index contributed by atoms with van der Waals surface area (Å²) < 4.78 is 5.21. The summed E-state index contributed by atoms with van der Waals surface area (Å²) in [6.45, 7) is 1.37. The second-order valence-electron chi connectivity index (χ2n) is 6.90. The third-order valence-electron chi connectivity index (χ3n) is 4.93. The predicted molar refractivity (Wildman–Crippen MR) is 116 cm³/mol. The Balaban J connectivity index is 1.42. The third kappa shape index (κ3) is 4.68. The molecular weight excluding hydrogens is 408 g/mol. The van der Waals surface area contributed by atoms with Crippen molar-refractivity contribution in [1.29, 1.82) is 0 Å². The average Bonchev–Trinajstić information content (AvgIpc) is 3.26. The largest absolute Gasteiger partial charge is 0.497 e. The summed E-state index contributed by atoms with van der Waals surface area (Å²) in [7, 11) is 1.65. The summed E-state index contributed by atoms with van der Waals surface area (Å²) in [6.07, 6.45) is 1.94. The van der Waals surface area contributed by atoms with Gasteiger partial charge in [0.05, 0.1) is 7.11 Å². The third-order valence-corrected chi connectivity index (χ3v) is 6.32. The number of carbonyl (C=O) groups is 1. The van der Waals surface area contributed by atoms with Gasteiger partial charge in [0, 0.05) is 35.3 Å². The van der Waals surface area contributed by atoms with Gasteiger partial charge in [-0.3, -0.25) is 0 Å². The number of likely N-dealkylation sites (tertiary alicyclic amines) is 1. The number of nitrogens with one attached hydrogen (secondary N) is 1. The first-order valence-corrected chi connectivity index (χ1v) is 10.6. The van der Waals surface area contributed by atoms with E-state index in [0.717, 1.165) is 46.4 Å². The van der Waals surface area contributed by atoms with E-state index < -0.39 is 0 Å². The standard InChI is InChI=1S/C21H21ClN4O2S/c1-28-18-10-4-14(5-11-18)19-24-25-20(29-19)15-3-2-12-26(13-15)21(27)23-17-8-6-16(22)7-9-17/h4-11,15H,2-3,12-13H2,1H3,(H,23,27). The van der Waals surface area contributed by atoms with Gasteiger partial charge in [0.2, 0.25) is 0 Å². The second-order valence-corrected chi connectivity index (χ2v) is 8.34. The van der Waals surface area contributed by atoms with Crippen LogP contribution in [0.4, 0.5) is 10.5 Å². The Labute approximate surface area is 178 Å². The SMILES string of the molecule is COc1ccc(-c2nnc(C3CCCN(C(=O)Nc4ccc(Cl)cc4)C3)s2)cc1. The summed E-state index contributed by atoms with van der Waals surface area (Å²) >= 11 is 7.49. The van der Waals surface area contributed by atoms with Crippen molar-refractivity contribution in [2.45, 2.75) is 18.8 Å². The number of anilines is 1. The van der Waals surface area contributed by atoms with Gasteiger partial charge >= 0.3 is 6.03 Å². The van der Waals surface area contributed by atoms with Crippen molar-refractivity contribution in [1.82, 2.24) is 15.1 Å². The molecular formula is C21H21ClN4O2S. The Morgan fingerprint density at radius 1 is 1.17 bits per heavy atom. The molecule has 1 unspecified atom stereocenters. The number of methoxy groups -OCH3 is 1. The van der Waals surface area contributed by atoms with E-state index in [2.05, 4.69) is 15.5 Å². The average molecular weight is 429 g/mol. The molecule has 1 aromatic heterocycles. The molecule has 1 fully saturated rings. The topological polar surface area (TPSA) is 67.4 Å². The summed E-state index contributed by atoms with van der Waals surface area (Å²) in [5.41, 5.74) is 1.75. The molecule has 0 aliphatic carbocycles. The highest BCUT2D eigenvalue weighted by atomic mass is 35.5. The number of rotatable bonds is 4. The van der Waals surface area contributed by atoms with Crippen LogP contribution in [0.15, 0.2) is 48.5 Å². The van der Waals surface area contributed by atoms with Gasteiger partial charge in [-0.25, -0.2) is 4.79 Å². The highest BCUT2D eigenvalue weighted by Gasteiger charge is 2.27. The van der Waals surface area contributed by atoms with E-state index in [1.807, 2.05) is 29.2 Å². The molecule has 1 N–H and O–H groups in total. The maximum absolute atomic E-state index is 12.7. The molecule has 4 rings (SSSR count). The number of aromatic nitrogens is 2. The van der Waals surface area contributed by atoms with Crippen LogP contribution < -0.4 is 10.1 Å². The van der Waals surface area contributed by atoms with Crippen LogP contribution in [0.5, 0.6) is 5.75 Å². The molecule has 29 heavy (non-hydrogen) atoms. The van der Waals surface area contributed by atoms with Crippen LogP contribution in [0.1, 0.15) is 23.8 Å². The number of amides is 2. The minimum absolute atomic E-state index is 0.100. The summed E-state index contributed by atoms with van der Waals surface area (Å²) in [5.74, 6) is 1.01.